The molecule has 0 spiro atoms. The molecule has 0 aromatic heterocycles. The number of unbranched alkanes of at least 4 members (excludes halogenated alkanes) is 2. The van der Waals surface area contributed by atoms with Crippen molar-refractivity contribution in [2.24, 2.45) is 0 Å². The first-order chi connectivity index (χ1) is 8.47. The first-order valence-corrected chi connectivity index (χ1v) is 6.92. The van der Waals surface area contributed by atoms with Gasteiger partial charge in [0.1, 0.15) is 5.75 Å². The van der Waals surface area contributed by atoms with E-state index in [1.165, 1.54) is 18.4 Å². The number of rotatable bonds is 7. The molecule has 0 saturated heterocycles. The lowest BCUT2D eigenvalue weighted by atomic mass is 10.1. The van der Waals surface area contributed by atoms with E-state index in [0.29, 0.717) is 0 Å². The van der Waals surface area contributed by atoms with Crippen LogP contribution in [0, 0.1) is 6.92 Å². The summed E-state index contributed by atoms with van der Waals surface area (Å²) >= 11 is 0. The quantitative estimate of drug-likeness (QED) is 0.739. The average Bonchev–Trinajstić information content (AvgIpc) is 2.29. The Hall–Kier alpha value is -1.02. The molecular weight excluding hydrogens is 222 g/mol. The summed E-state index contributed by atoms with van der Waals surface area (Å²) in [6.07, 6.45) is 3.56. The maximum absolute atomic E-state index is 5.69. The highest BCUT2D eigenvalue weighted by molar-refractivity contribution is 5.26. The van der Waals surface area contributed by atoms with Crippen LogP contribution in [0.4, 0.5) is 0 Å². The number of aryl methyl sites for hydroxylation is 1. The number of benzene rings is 1. The van der Waals surface area contributed by atoms with E-state index >= 15 is 0 Å². The first-order valence-electron chi connectivity index (χ1n) is 6.92. The summed E-state index contributed by atoms with van der Waals surface area (Å²) in [5.74, 6) is 0.980. The highest BCUT2D eigenvalue weighted by Crippen LogP contribution is 2.12. The van der Waals surface area contributed by atoms with Crippen LogP contribution in [0.5, 0.6) is 5.75 Å². The second-order valence-corrected chi connectivity index (χ2v) is 5.90. The minimum Gasteiger partial charge on any atom is -0.494 e. The third-order valence-electron chi connectivity index (χ3n) is 2.77. The van der Waals surface area contributed by atoms with E-state index in [0.717, 1.165) is 25.3 Å². The molecule has 0 aliphatic carbocycles. The molecule has 102 valence electrons. The van der Waals surface area contributed by atoms with Crippen molar-refractivity contribution < 1.29 is 4.74 Å². The van der Waals surface area contributed by atoms with Crippen molar-refractivity contribution in [1.29, 1.82) is 0 Å². The van der Waals surface area contributed by atoms with Crippen LogP contribution in [-0.2, 0) is 0 Å². The molecule has 1 aromatic carbocycles. The molecule has 1 rings (SSSR count). The number of hydrogen-bond acceptors (Lipinski definition) is 2. The van der Waals surface area contributed by atoms with Gasteiger partial charge in [0.2, 0.25) is 0 Å². The Morgan fingerprint density at radius 3 is 2.28 bits per heavy atom. The largest absolute Gasteiger partial charge is 0.494 e. The maximum Gasteiger partial charge on any atom is 0.119 e. The van der Waals surface area contributed by atoms with E-state index in [9.17, 15) is 0 Å². The molecule has 0 aliphatic heterocycles. The van der Waals surface area contributed by atoms with Gasteiger partial charge in [-0.05, 0) is 65.6 Å². The lowest BCUT2D eigenvalue weighted by Gasteiger charge is -2.20. The summed E-state index contributed by atoms with van der Waals surface area (Å²) in [6, 6.07) is 8.25. The third-order valence-corrected chi connectivity index (χ3v) is 2.77. The SMILES string of the molecule is Cc1ccc(OCCCCCNC(C)(C)C)cc1. The Kier molecular flexibility index (Phi) is 6.20. The Bertz CT molecular complexity index is 324. The molecule has 0 saturated carbocycles. The molecule has 1 aromatic rings. The Labute approximate surface area is 112 Å². The zero-order valence-corrected chi connectivity index (χ0v) is 12.3. The van der Waals surface area contributed by atoms with Crippen molar-refractivity contribution in [3.8, 4) is 5.75 Å². The molecule has 0 heterocycles. The van der Waals surface area contributed by atoms with Gasteiger partial charge >= 0.3 is 0 Å². The predicted molar refractivity (Wildman–Crippen MR) is 78.3 cm³/mol. The van der Waals surface area contributed by atoms with E-state index in [1.54, 1.807) is 0 Å². The van der Waals surface area contributed by atoms with E-state index < -0.39 is 0 Å². The van der Waals surface area contributed by atoms with E-state index in [-0.39, 0.29) is 5.54 Å². The minimum absolute atomic E-state index is 0.235. The maximum atomic E-state index is 5.69. The van der Waals surface area contributed by atoms with Crippen LogP contribution in [0.25, 0.3) is 0 Å². The zero-order valence-electron chi connectivity index (χ0n) is 12.3. The van der Waals surface area contributed by atoms with E-state index in [4.69, 9.17) is 4.74 Å². The standard InChI is InChI=1S/C16H27NO/c1-14-8-10-15(11-9-14)18-13-7-5-6-12-17-16(2,3)4/h8-11,17H,5-7,12-13H2,1-4H3. The van der Waals surface area contributed by atoms with Gasteiger partial charge in [-0.2, -0.15) is 0 Å². The summed E-state index contributed by atoms with van der Waals surface area (Å²) in [5, 5.41) is 3.50. The fraction of sp³-hybridized carbons (Fsp3) is 0.625. The van der Waals surface area contributed by atoms with Crippen LogP contribution in [0.3, 0.4) is 0 Å². The number of hydrogen-bond donors (Lipinski definition) is 1. The molecule has 18 heavy (non-hydrogen) atoms. The van der Waals surface area contributed by atoms with Crippen molar-refractivity contribution in [3.05, 3.63) is 29.8 Å². The summed E-state index contributed by atoms with van der Waals surface area (Å²) in [7, 11) is 0. The summed E-state index contributed by atoms with van der Waals surface area (Å²) in [6.45, 7) is 10.6. The molecule has 0 fully saturated rings. The molecule has 2 nitrogen and oxygen atoms in total. The monoisotopic (exact) mass is 249 g/mol. The van der Waals surface area contributed by atoms with Crippen molar-refractivity contribution >= 4 is 0 Å². The molecule has 0 radical (unpaired) electrons. The molecule has 0 bridgehead atoms. The Balaban J connectivity index is 2.00. The van der Waals surface area contributed by atoms with Crippen LogP contribution in [0.1, 0.15) is 45.6 Å². The van der Waals surface area contributed by atoms with Crippen molar-refractivity contribution in [1.82, 2.24) is 5.32 Å². The number of ether oxygens (including phenoxy) is 1. The molecule has 0 aliphatic rings. The van der Waals surface area contributed by atoms with E-state index in [1.807, 2.05) is 12.1 Å². The van der Waals surface area contributed by atoms with Gasteiger partial charge < -0.3 is 10.1 Å². The topological polar surface area (TPSA) is 21.3 Å². The van der Waals surface area contributed by atoms with Gasteiger partial charge in [-0.25, -0.2) is 0 Å². The average molecular weight is 249 g/mol. The highest BCUT2D eigenvalue weighted by Gasteiger charge is 2.06. The van der Waals surface area contributed by atoms with Crippen LogP contribution >= 0.6 is 0 Å². The first kappa shape index (κ1) is 15.0. The fourth-order valence-electron chi connectivity index (χ4n) is 1.69. The predicted octanol–water partition coefficient (Wildman–Crippen LogP) is 3.93. The lowest BCUT2D eigenvalue weighted by molar-refractivity contribution is 0.303. The Morgan fingerprint density at radius 2 is 1.67 bits per heavy atom. The minimum atomic E-state index is 0.235. The molecule has 0 unspecified atom stereocenters. The highest BCUT2D eigenvalue weighted by atomic mass is 16.5. The number of nitrogens with one attached hydrogen (secondary N) is 1. The summed E-state index contributed by atoms with van der Waals surface area (Å²) in [4.78, 5) is 0. The van der Waals surface area contributed by atoms with Gasteiger partial charge in [0, 0.05) is 5.54 Å². The van der Waals surface area contributed by atoms with Gasteiger partial charge in [-0.1, -0.05) is 17.7 Å². The molecule has 2 heteroatoms. The van der Waals surface area contributed by atoms with Gasteiger partial charge in [0.15, 0.2) is 0 Å². The second-order valence-electron chi connectivity index (χ2n) is 5.90. The van der Waals surface area contributed by atoms with Gasteiger partial charge in [-0.3, -0.25) is 0 Å². The van der Waals surface area contributed by atoms with Gasteiger partial charge in [0.05, 0.1) is 6.61 Å². The normalized spacial score (nSPS) is 11.6. The summed E-state index contributed by atoms with van der Waals surface area (Å²) < 4.78 is 5.69. The lowest BCUT2D eigenvalue weighted by Crippen LogP contribution is -2.36. The zero-order chi connectivity index (χ0) is 13.4. The van der Waals surface area contributed by atoms with Crippen molar-refractivity contribution in [2.75, 3.05) is 13.2 Å². The molecule has 1 N–H and O–H groups in total. The van der Waals surface area contributed by atoms with Crippen LogP contribution in [0.15, 0.2) is 24.3 Å². The molecule has 0 atom stereocenters. The van der Waals surface area contributed by atoms with Gasteiger partial charge in [-0.15, -0.1) is 0 Å². The van der Waals surface area contributed by atoms with Gasteiger partial charge in [0.25, 0.3) is 0 Å². The van der Waals surface area contributed by atoms with Crippen molar-refractivity contribution in [3.63, 3.8) is 0 Å². The Morgan fingerprint density at radius 1 is 1.00 bits per heavy atom. The van der Waals surface area contributed by atoms with E-state index in [2.05, 4.69) is 45.1 Å². The van der Waals surface area contributed by atoms with Crippen LogP contribution in [0.2, 0.25) is 0 Å². The second kappa shape index (κ2) is 7.42. The molecular formula is C16H27NO. The fourth-order valence-corrected chi connectivity index (χ4v) is 1.69. The summed E-state index contributed by atoms with van der Waals surface area (Å²) in [5.41, 5.74) is 1.51. The van der Waals surface area contributed by atoms with Crippen LogP contribution < -0.4 is 10.1 Å². The third kappa shape index (κ3) is 7.33. The molecule has 0 amide bonds. The van der Waals surface area contributed by atoms with Crippen LogP contribution in [-0.4, -0.2) is 18.7 Å². The smallest absolute Gasteiger partial charge is 0.119 e. The van der Waals surface area contributed by atoms with Crippen molar-refractivity contribution in [2.45, 2.75) is 52.5 Å².